The van der Waals surface area contributed by atoms with Crippen LogP contribution in [0, 0.1) is 0 Å². The maximum Gasteiger partial charge on any atom is 0.150 e. The third kappa shape index (κ3) is 4.14. The highest BCUT2D eigenvalue weighted by atomic mass is 32.1. The number of hydrogen-bond donors (Lipinski definition) is 1. The van der Waals surface area contributed by atoms with Crippen LogP contribution in [0.1, 0.15) is 30.4 Å². The minimum atomic E-state index is 0.903. The molecule has 5 heteroatoms. The van der Waals surface area contributed by atoms with Crippen LogP contribution in [0.2, 0.25) is 0 Å². The molecule has 0 amide bonds. The summed E-state index contributed by atoms with van der Waals surface area (Å²) in [5.74, 6) is 2.05. The summed E-state index contributed by atoms with van der Waals surface area (Å²) < 4.78 is 2.04. The smallest absolute Gasteiger partial charge is 0.150 e. The first-order valence-electron chi connectivity index (χ1n) is 6.99. The van der Waals surface area contributed by atoms with Gasteiger partial charge in [0, 0.05) is 30.8 Å². The molecule has 1 N–H and O–H groups in total. The van der Waals surface area contributed by atoms with Crippen LogP contribution in [-0.2, 0) is 25.8 Å². The normalized spacial score (nSPS) is 11.1. The first-order valence-corrected chi connectivity index (χ1v) is 7.87. The molecule has 2 rings (SSSR count). The summed E-state index contributed by atoms with van der Waals surface area (Å²) >= 11 is 1.82. The van der Waals surface area contributed by atoms with Gasteiger partial charge in [-0.3, -0.25) is 0 Å². The molecule has 0 aliphatic carbocycles. The Kier molecular flexibility index (Phi) is 5.54. The summed E-state index contributed by atoms with van der Waals surface area (Å²) in [6, 6.07) is 4.29. The monoisotopic (exact) mass is 278 g/mol. The van der Waals surface area contributed by atoms with Crippen molar-refractivity contribution in [3.8, 4) is 0 Å². The molecule has 2 aromatic heterocycles. The number of rotatable bonds is 8. The Hall–Kier alpha value is -1.20. The van der Waals surface area contributed by atoms with Crippen LogP contribution in [0.3, 0.4) is 0 Å². The van der Waals surface area contributed by atoms with Crippen LogP contribution in [0.15, 0.2) is 17.5 Å². The van der Waals surface area contributed by atoms with Gasteiger partial charge in [-0.25, -0.2) is 9.67 Å². The van der Waals surface area contributed by atoms with E-state index in [1.54, 1.807) is 0 Å². The summed E-state index contributed by atoms with van der Waals surface area (Å²) in [4.78, 5) is 5.95. The number of nitrogens with zero attached hydrogens (tertiary/aromatic N) is 3. The first kappa shape index (κ1) is 14.2. The number of thiophene rings is 1. The third-order valence-electron chi connectivity index (χ3n) is 3.05. The molecule has 4 nitrogen and oxygen atoms in total. The third-order valence-corrected chi connectivity index (χ3v) is 3.99. The van der Waals surface area contributed by atoms with E-state index in [4.69, 9.17) is 0 Å². The molecule has 0 radical (unpaired) electrons. The lowest BCUT2D eigenvalue weighted by molar-refractivity contribution is 0.535. The first-order chi connectivity index (χ1) is 9.33. The van der Waals surface area contributed by atoms with Crippen molar-refractivity contribution in [3.05, 3.63) is 34.0 Å². The Morgan fingerprint density at radius 2 is 2.16 bits per heavy atom. The molecular formula is C14H22N4S. The number of aryl methyl sites for hydroxylation is 2. The SMILES string of the molecule is CCc1nc(CC)n(CCNCCc2cccs2)n1. The molecule has 0 fully saturated rings. The van der Waals surface area contributed by atoms with Gasteiger partial charge in [-0.2, -0.15) is 5.10 Å². The fraction of sp³-hybridized carbons (Fsp3) is 0.571. The second-order valence-corrected chi connectivity index (χ2v) is 5.49. The molecule has 0 saturated carbocycles. The van der Waals surface area contributed by atoms with E-state index in [-0.39, 0.29) is 0 Å². The van der Waals surface area contributed by atoms with E-state index in [1.165, 1.54) is 4.88 Å². The number of nitrogens with one attached hydrogen (secondary N) is 1. The van der Waals surface area contributed by atoms with Crippen LogP contribution >= 0.6 is 11.3 Å². The largest absolute Gasteiger partial charge is 0.315 e. The second-order valence-electron chi connectivity index (χ2n) is 4.45. The van der Waals surface area contributed by atoms with Gasteiger partial charge in [-0.15, -0.1) is 11.3 Å². The lowest BCUT2D eigenvalue weighted by atomic mass is 10.3. The Morgan fingerprint density at radius 1 is 1.26 bits per heavy atom. The van der Waals surface area contributed by atoms with Crippen molar-refractivity contribution in [2.24, 2.45) is 0 Å². The van der Waals surface area contributed by atoms with Crippen molar-refractivity contribution < 1.29 is 0 Å². The Bertz CT molecular complexity index is 476. The van der Waals surface area contributed by atoms with Gasteiger partial charge in [0.2, 0.25) is 0 Å². The zero-order chi connectivity index (χ0) is 13.5. The predicted molar refractivity (Wildman–Crippen MR) is 79.7 cm³/mol. The van der Waals surface area contributed by atoms with E-state index in [1.807, 2.05) is 16.0 Å². The van der Waals surface area contributed by atoms with Crippen LogP contribution in [0.5, 0.6) is 0 Å². The van der Waals surface area contributed by atoms with Crippen LogP contribution in [-0.4, -0.2) is 27.9 Å². The van der Waals surface area contributed by atoms with Crippen LogP contribution in [0.4, 0.5) is 0 Å². The lowest BCUT2D eigenvalue weighted by Gasteiger charge is -2.06. The summed E-state index contributed by atoms with van der Waals surface area (Å²) in [7, 11) is 0. The lowest BCUT2D eigenvalue weighted by Crippen LogP contribution is -2.23. The zero-order valence-corrected chi connectivity index (χ0v) is 12.5. The summed E-state index contributed by atoms with van der Waals surface area (Å²) in [6.07, 6.45) is 2.96. The molecular weight excluding hydrogens is 256 g/mol. The quantitative estimate of drug-likeness (QED) is 0.753. The van der Waals surface area contributed by atoms with Gasteiger partial charge < -0.3 is 5.32 Å². The fourth-order valence-corrected chi connectivity index (χ4v) is 2.70. The average Bonchev–Trinajstić information content (AvgIpc) is 3.07. The van der Waals surface area contributed by atoms with E-state index in [2.05, 4.69) is 46.8 Å². The van der Waals surface area contributed by atoms with Crippen molar-refractivity contribution in [3.63, 3.8) is 0 Å². The Morgan fingerprint density at radius 3 is 2.84 bits per heavy atom. The topological polar surface area (TPSA) is 42.7 Å². The number of aromatic nitrogens is 3. The average molecular weight is 278 g/mol. The van der Waals surface area contributed by atoms with Gasteiger partial charge in [0.15, 0.2) is 5.82 Å². The maximum atomic E-state index is 4.51. The molecule has 0 aromatic carbocycles. The fourth-order valence-electron chi connectivity index (χ4n) is 1.99. The Labute approximate surface area is 118 Å². The molecule has 0 spiro atoms. The molecule has 2 heterocycles. The molecule has 0 bridgehead atoms. The molecule has 19 heavy (non-hydrogen) atoms. The van der Waals surface area contributed by atoms with E-state index < -0.39 is 0 Å². The maximum absolute atomic E-state index is 4.51. The van der Waals surface area contributed by atoms with E-state index >= 15 is 0 Å². The highest BCUT2D eigenvalue weighted by Crippen LogP contribution is 2.08. The molecule has 2 aromatic rings. The minimum absolute atomic E-state index is 0.903. The van der Waals surface area contributed by atoms with Crippen molar-refractivity contribution in [1.29, 1.82) is 0 Å². The Balaban J connectivity index is 1.71. The van der Waals surface area contributed by atoms with Crippen molar-refractivity contribution in [2.45, 2.75) is 39.7 Å². The molecule has 0 atom stereocenters. The van der Waals surface area contributed by atoms with Gasteiger partial charge in [0.1, 0.15) is 5.82 Å². The van der Waals surface area contributed by atoms with E-state index in [9.17, 15) is 0 Å². The molecule has 0 unspecified atom stereocenters. The molecule has 104 valence electrons. The highest BCUT2D eigenvalue weighted by Gasteiger charge is 2.06. The van der Waals surface area contributed by atoms with E-state index in [0.717, 1.165) is 50.5 Å². The van der Waals surface area contributed by atoms with E-state index in [0.29, 0.717) is 0 Å². The van der Waals surface area contributed by atoms with Crippen LogP contribution < -0.4 is 5.32 Å². The summed E-state index contributed by atoms with van der Waals surface area (Å²) in [6.45, 7) is 7.10. The van der Waals surface area contributed by atoms with Gasteiger partial charge >= 0.3 is 0 Å². The van der Waals surface area contributed by atoms with Gasteiger partial charge in [-0.1, -0.05) is 19.9 Å². The van der Waals surface area contributed by atoms with Gasteiger partial charge in [0.25, 0.3) is 0 Å². The number of hydrogen-bond acceptors (Lipinski definition) is 4. The zero-order valence-electron chi connectivity index (χ0n) is 11.7. The van der Waals surface area contributed by atoms with Crippen LogP contribution in [0.25, 0.3) is 0 Å². The molecule has 0 aliphatic rings. The standard InChI is InChI=1S/C14H22N4S/c1-3-13-16-14(4-2)18(17-13)10-9-15-8-7-12-6-5-11-19-12/h5-6,11,15H,3-4,7-10H2,1-2H3. The summed E-state index contributed by atoms with van der Waals surface area (Å²) in [5, 5.41) is 10.1. The minimum Gasteiger partial charge on any atom is -0.315 e. The highest BCUT2D eigenvalue weighted by molar-refractivity contribution is 7.09. The molecule has 0 saturated heterocycles. The second kappa shape index (κ2) is 7.40. The summed E-state index contributed by atoms with van der Waals surface area (Å²) in [5.41, 5.74) is 0. The molecule has 0 aliphatic heterocycles. The van der Waals surface area contributed by atoms with Gasteiger partial charge in [0.05, 0.1) is 6.54 Å². The van der Waals surface area contributed by atoms with Crippen molar-refractivity contribution >= 4 is 11.3 Å². The van der Waals surface area contributed by atoms with Gasteiger partial charge in [-0.05, 0) is 17.9 Å². The van der Waals surface area contributed by atoms with Crippen molar-refractivity contribution in [1.82, 2.24) is 20.1 Å². The predicted octanol–water partition coefficient (Wildman–Crippen LogP) is 2.30. The van der Waals surface area contributed by atoms with Crippen molar-refractivity contribution in [2.75, 3.05) is 13.1 Å².